The van der Waals surface area contributed by atoms with E-state index in [-0.39, 0.29) is 22.5 Å². The molecule has 1 saturated heterocycles. The van der Waals surface area contributed by atoms with Crippen LogP contribution in [0.25, 0.3) is 0 Å². The van der Waals surface area contributed by atoms with Crippen LogP contribution in [0.15, 0.2) is 42.5 Å². The van der Waals surface area contributed by atoms with Crippen molar-refractivity contribution in [2.75, 3.05) is 13.1 Å². The summed E-state index contributed by atoms with van der Waals surface area (Å²) in [5, 5.41) is 3.12. The summed E-state index contributed by atoms with van der Waals surface area (Å²) >= 11 is 5.98. The van der Waals surface area contributed by atoms with E-state index in [1.165, 1.54) is 18.2 Å². The number of hydrogen-bond donors (Lipinski definition) is 1. The number of aryl methyl sites for hydroxylation is 1. The lowest BCUT2D eigenvalue weighted by molar-refractivity contribution is 0.0694. The Morgan fingerprint density at radius 3 is 2.38 bits per heavy atom. The number of piperidine rings is 1. The minimum absolute atomic E-state index is 0.0102. The van der Waals surface area contributed by atoms with Gasteiger partial charge in [-0.05, 0) is 44.0 Å². The number of carbonyl (C=O) groups is 2. The minimum Gasteiger partial charge on any atom is -0.349 e. The monoisotopic (exact) mass is 374 g/mol. The molecule has 136 valence electrons. The number of hydrogen-bond acceptors (Lipinski definition) is 2. The van der Waals surface area contributed by atoms with Crippen molar-refractivity contribution >= 4 is 23.4 Å². The van der Waals surface area contributed by atoms with Gasteiger partial charge < -0.3 is 10.2 Å². The quantitative estimate of drug-likeness (QED) is 0.887. The first-order chi connectivity index (χ1) is 12.5. The van der Waals surface area contributed by atoms with Gasteiger partial charge in [-0.25, -0.2) is 4.39 Å². The first-order valence-corrected chi connectivity index (χ1v) is 8.94. The fourth-order valence-corrected chi connectivity index (χ4v) is 3.30. The molecular weight excluding hydrogens is 355 g/mol. The lowest BCUT2D eigenvalue weighted by atomic mass is 10.0. The topological polar surface area (TPSA) is 49.4 Å². The zero-order valence-electron chi connectivity index (χ0n) is 14.5. The maximum atomic E-state index is 13.9. The molecule has 0 aromatic heterocycles. The summed E-state index contributed by atoms with van der Waals surface area (Å²) in [5.41, 5.74) is 1.63. The van der Waals surface area contributed by atoms with Gasteiger partial charge >= 0.3 is 0 Å². The van der Waals surface area contributed by atoms with Gasteiger partial charge in [-0.15, -0.1) is 0 Å². The summed E-state index contributed by atoms with van der Waals surface area (Å²) in [7, 11) is 0. The molecule has 1 N–H and O–H groups in total. The molecule has 3 rings (SSSR count). The number of carbonyl (C=O) groups excluding carboxylic acids is 2. The van der Waals surface area contributed by atoms with Gasteiger partial charge in [-0.3, -0.25) is 9.59 Å². The summed E-state index contributed by atoms with van der Waals surface area (Å²) in [5.74, 6) is -1.14. The van der Waals surface area contributed by atoms with Crippen LogP contribution in [-0.4, -0.2) is 35.8 Å². The minimum atomic E-state index is -0.614. The molecule has 6 heteroatoms. The molecule has 1 heterocycles. The Morgan fingerprint density at radius 1 is 1.12 bits per heavy atom. The molecule has 0 spiro atoms. The molecule has 1 fully saturated rings. The Hall–Kier alpha value is -2.40. The zero-order chi connectivity index (χ0) is 18.7. The number of halogens is 2. The molecular formula is C20H20ClFN2O2. The summed E-state index contributed by atoms with van der Waals surface area (Å²) in [6.07, 6.45) is 1.24. The molecule has 26 heavy (non-hydrogen) atoms. The Bertz CT molecular complexity index is 795. The SMILES string of the molecule is Cc1ccc(C(=O)NC2CCN(C(=O)c3c(F)cccc3Cl)CC2)cc1. The largest absolute Gasteiger partial charge is 0.349 e. The maximum absolute atomic E-state index is 13.9. The van der Waals surface area contributed by atoms with Gasteiger partial charge in [-0.2, -0.15) is 0 Å². The molecule has 1 aliphatic rings. The molecule has 0 saturated carbocycles. The van der Waals surface area contributed by atoms with E-state index in [9.17, 15) is 14.0 Å². The van der Waals surface area contributed by atoms with Gasteiger partial charge in [-0.1, -0.05) is 35.4 Å². The van der Waals surface area contributed by atoms with Crippen molar-refractivity contribution < 1.29 is 14.0 Å². The highest BCUT2D eigenvalue weighted by atomic mass is 35.5. The number of rotatable bonds is 3. The third-order valence-electron chi connectivity index (χ3n) is 4.61. The summed E-state index contributed by atoms with van der Waals surface area (Å²) in [6.45, 7) is 2.86. The van der Waals surface area contributed by atoms with Crippen molar-refractivity contribution in [3.05, 3.63) is 70.0 Å². The van der Waals surface area contributed by atoms with Crippen molar-refractivity contribution in [2.45, 2.75) is 25.8 Å². The van der Waals surface area contributed by atoms with Crippen LogP contribution in [0.5, 0.6) is 0 Å². The van der Waals surface area contributed by atoms with Gasteiger partial charge in [0.1, 0.15) is 5.82 Å². The Balaban J connectivity index is 1.58. The highest BCUT2D eigenvalue weighted by Gasteiger charge is 2.27. The highest BCUT2D eigenvalue weighted by molar-refractivity contribution is 6.33. The first kappa shape index (κ1) is 18.4. The molecule has 2 amide bonds. The van der Waals surface area contributed by atoms with Gasteiger partial charge in [0.05, 0.1) is 10.6 Å². The number of benzene rings is 2. The van der Waals surface area contributed by atoms with Crippen LogP contribution in [0, 0.1) is 12.7 Å². The normalized spacial score (nSPS) is 15.0. The van der Waals surface area contributed by atoms with E-state index in [2.05, 4.69) is 5.32 Å². The van der Waals surface area contributed by atoms with Crippen molar-refractivity contribution in [3.63, 3.8) is 0 Å². The number of nitrogens with zero attached hydrogens (tertiary/aromatic N) is 1. The molecule has 2 aromatic rings. The Kier molecular flexibility index (Phi) is 5.57. The van der Waals surface area contributed by atoms with Crippen LogP contribution < -0.4 is 5.32 Å². The second-order valence-electron chi connectivity index (χ2n) is 6.50. The van der Waals surface area contributed by atoms with E-state index in [1.807, 2.05) is 19.1 Å². The molecule has 0 bridgehead atoms. The molecule has 2 aromatic carbocycles. The molecule has 0 radical (unpaired) electrons. The predicted octanol–water partition coefficient (Wildman–Crippen LogP) is 3.82. The van der Waals surface area contributed by atoms with E-state index in [4.69, 9.17) is 11.6 Å². The van der Waals surface area contributed by atoms with Crippen LogP contribution in [0.4, 0.5) is 4.39 Å². The van der Waals surface area contributed by atoms with E-state index < -0.39 is 11.7 Å². The third-order valence-corrected chi connectivity index (χ3v) is 4.92. The van der Waals surface area contributed by atoms with E-state index in [0.717, 1.165) is 5.56 Å². The number of nitrogens with one attached hydrogen (secondary N) is 1. The third kappa shape index (κ3) is 4.05. The van der Waals surface area contributed by atoms with Gasteiger partial charge in [0.15, 0.2) is 0 Å². The average Bonchev–Trinajstić information content (AvgIpc) is 2.62. The van der Waals surface area contributed by atoms with Crippen molar-refractivity contribution in [2.24, 2.45) is 0 Å². The van der Waals surface area contributed by atoms with Crippen molar-refractivity contribution in [1.82, 2.24) is 10.2 Å². The van der Waals surface area contributed by atoms with Gasteiger partial charge in [0.25, 0.3) is 11.8 Å². The van der Waals surface area contributed by atoms with E-state index >= 15 is 0 Å². The first-order valence-electron chi connectivity index (χ1n) is 8.56. The van der Waals surface area contributed by atoms with Crippen LogP contribution in [0.3, 0.4) is 0 Å². The second kappa shape index (κ2) is 7.87. The van der Waals surface area contributed by atoms with Gasteiger partial charge in [0.2, 0.25) is 0 Å². The average molecular weight is 375 g/mol. The number of likely N-dealkylation sites (tertiary alicyclic amines) is 1. The molecule has 1 aliphatic heterocycles. The van der Waals surface area contributed by atoms with Crippen LogP contribution in [0.1, 0.15) is 39.1 Å². The Morgan fingerprint density at radius 2 is 1.77 bits per heavy atom. The number of amides is 2. The molecule has 0 unspecified atom stereocenters. The lowest BCUT2D eigenvalue weighted by Gasteiger charge is -2.32. The fraction of sp³-hybridized carbons (Fsp3) is 0.300. The summed E-state index contributed by atoms with van der Waals surface area (Å²) < 4.78 is 13.9. The Labute approximate surface area is 157 Å². The van der Waals surface area contributed by atoms with Crippen molar-refractivity contribution in [3.8, 4) is 0 Å². The van der Waals surface area contributed by atoms with Crippen LogP contribution in [0.2, 0.25) is 5.02 Å². The fourth-order valence-electron chi connectivity index (χ4n) is 3.06. The standard InChI is InChI=1S/C20H20ClFN2O2/c1-13-5-7-14(8-6-13)19(25)23-15-9-11-24(12-10-15)20(26)18-16(21)3-2-4-17(18)22/h2-8,15H,9-12H2,1H3,(H,23,25). The molecule has 0 aliphatic carbocycles. The van der Waals surface area contributed by atoms with Crippen LogP contribution >= 0.6 is 11.6 Å². The summed E-state index contributed by atoms with van der Waals surface area (Å²) in [4.78, 5) is 26.4. The summed E-state index contributed by atoms with van der Waals surface area (Å²) in [6, 6.07) is 11.6. The smallest absolute Gasteiger partial charge is 0.258 e. The second-order valence-corrected chi connectivity index (χ2v) is 6.91. The van der Waals surface area contributed by atoms with E-state index in [0.29, 0.717) is 31.5 Å². The maximum Gasteiger partial charge on any atom is 0.258 e. The lowest BCUT2D eigenvalue weighted by Crippen LogP contribution is -2.46. The predicted molar refractivity (Wildman–Crippen MR) is 99.0 cm³/mol. The highest BCUT2D eigenvalue weighted by Crippen LogP contribution is 2.23. The van der Waals surface area contributed by atoms with Crippen molar-refractivity contribution in [1.29, 1.82) is 0 Å². The molecule has 4 nitrogen and oxygen atoms in total. The zero-order valence-corrected chi connectivity index (χ0v) is 15.2. The molecule has 0 atom stereocenters. The van der Waals surface area contributed by atoms with Gasteiger partial charge in [0, 0.05) is 24.7 Å². The van der Waals surface area contributed by atoms with Crippen LogP contribution in [-0.2, 0) is 0 Å². The van der Waals surface area contributed by atoms with E-state index in [1.54, 1.807) is 17.0 Å².